The highest BCUT2D eigenvalue weighted by Crippen LogP contribution is 2.18. The third-order valence-electron chi connectivity index (χ3n) is 2.78. The van der Waals surface area contributed by atoms with Gasteiger partial charge >= 0.3 is 0 Å². The highest BCUT2D eigenvalue weighted by atomic mass is 19.2. The van der Waals surface area contributed by atoms with Gasteiger partial charge in [-0.05, 0) is 24.6 Å². The largest absolute Gasteiger partial charge is 0.360 e. The summed E-state index contributed by atoms with van der Waals surface area (Å²) in [7, 11) is 0. The summed E-state index contributed by atoms with van der Waals surface area (Å²) in [5.41, 5.74) is 0.103. The van der Waals surface area contributed by atoms with Crippen molar-refractivity contribution in [3.05, 3.63) is 35.1 Å². The molecule has 4 nitrogen and oxygen atoms in total. The minimum Gasteiger partial charge on any atom is -0.360 e. The second kappa shape index (κ2) is 5.18. The second-order valence-electron chi connectivity index (χ2n) is 4.39. The zero-order chi connectivity index (χ0) is 14.2. The molecule has 1 aromatic carbocycles. The Kier molecular flexibility index (Phi) is 3.77. The first-order valence-electron chi connectivity index (χ1n) is 5.64. The van der Waals surface area contributed by atoms with Crippen LogP contribution < -0.4 is 0 Å². The number of morpholine rings is 1. The first-order valence-corrected chi connectivity index (χ1v) is 5.64. The zero-order valence-corrected chi connectivity index (χ0v) is 10.1. The number of aliphatic hydroxyl groups is 1. The van der Waals surface area contributed by atoms with Crippen molar-refractivity contribution in [1.82, 2.24) is 4.90 Å². The lowest BCUT2D eigenvalue weighted by atomic mass is 10.1. The van der Waals surface area contributed by atoms with E-state index in [2.05, 4.69) is 0 Å². The Labute approximate surface area is 107 Å². The third-order valence-corrected chi connectivity index (χ3v) is 2.78. The van der Waals surface area contributed by atoms with Crippen molar-refractivity contribution in [2.45, 2.75) is 25.9 Å². The molecule has 19 heavy (non-hydrogen) atoms. The Morgan fingerprint density at radius 3 is 2.53 bits per heavy atom. The Morgan fingerprint density at radius 2 is 1.95 bits per heavy atom. The molecule has 2 rings (SSSR count). The molecule has 1 amide bonds. The summed E-state index contributed by atoms with van der Waals surface area (Å²) in [6, 6.07) is 1.64. The van der Waals surface area contributed by atoms with Crippen molar-refractivity contribution >= 4 is 5.91 Å². The minimum absolute atomic E-state index is 0.103. The van der Waals surface area contributed by atoms with E-state index >= 15 is 0 Å². The SMILES string of the molecule is CC1CN(Cc2cc(F)c(F)c(F)c2)C(=O)[C@H](O)O1. The predicted octanol–water partition coefficient (Wildman–Crippen LogP) is 1.17. The highest BCUT2D eigenvalue weighted by Gasteiger charge is 2.31. The summed E-state index contributed by atoms with van der Waals surface area (Å²) in [6.45, 7) is 1.70. The molecule has 1 unspecified atom stereocenters. The number of halogens is 3. The van der Waals surface area contributed by atoms with Crippen LogP contribution in [0.15, 0.2) is 12.1 Å². The van der Waals surface area contributed by atoms with Crippen LogP contribution in [0.2, 0.25) is 0 Å². The molecule has 1 aliphatic heterocycles. The number of nitrogens with zero attached hydrogens (tertiary/aromatic N) is 1. The Morgan fingerprint density at radius 1 is 1.37 bits per heavy atom. The summed E-state index contributed by atoms with van der Waals surface area (Å²) in [5.74, 6) is -4.87. The molecule has 1 fully saturated rings. The van der Waals surface area contributed by atoms with Crippen LogP contribution in [0.4, 0.5) is 13.2 Å². The molecule has 0 aliphatic carbocycles. The molecule has 0 bridgehead atoms. The minimum atomic E-state index is -1.58. The maximum atomic E-state index is 13.1. The topological polar surface area (TPSA) is 49.8 Å². The normalized spacial score (nSPS) is 23.8. The van der Waals surface area contributed by atoms with Gasteiger partial charge in [0.05, 0.1) is 6.10 Å². The van der Waals surface area contributed by atoms with E-state index in [4.69, 9.17) is 4.74 Å². The second-order valence-corrected chi connectivity index (χ2v) is 4.39. The van der Waals surface area contributed by atoms with E-state index in [-0.39, 0.29) is 18.7 Å². The molecule has 1 N–H and O–H groups in total. The van der Waals surface area contributed by atoms with Crippen molar-refractivity contribution < 1.29 is 27.8 Å². The van der Waals surface area contributed by atoms with Gasteiger partial charge in [-0.25, -0.2) is 13.2 Å². The van der Waals surface area contributed by atoms with Crippen LogP contribution in [-0.2, 0) is 16.1 Å². The average molecular weight is 275 g/mol. The van der Waals surface area contributed by atoms with Crippen molar-refractivity contribution in [1.29, 1.82) is 0 Å². The fourth-order valence-electron chi connectivity index (χ4n) is 1.94. The fraction of sp³-hybridized carbons (Fsp3) is 0.417. The van der Waals surface area contributed by atoms with Gasteiger partial charge in [0, 0.05) is 13.1 Å². The number of carbonyl (C=O) groups is 1. The van der Waals surface area contributed by atoms with Gasteiger partial charge in [0.15, 0.2) is 17.5 Å². The quantitative estimate of drug-likeness (QED) is 0.824. The van der Waals surface area contributed by atoms with E-state index in [9.17, 15) is 23.1 Å². The Balaban J connectivity index is 2.18. The molecule has 0 spiro atoms. The third kappa shape index (κ3) is 2.87. The van der Waals surface area contributed by atoms with E-state index in [0.29, 0.717) is 0 Å². The van der Waals surface area contributed by atoms with E-state index in [0.717, 1.165) is 12.1 Å². The summed E-state index contributed by atoms with van der Waals surface area (Å²) >= 11 is 0. The molecule has 0 aromatic heterocycles. The fourth-order valence-corrected chi connectivity index (χ4v) is 1.94. The molecule has 1 heterocycles. The Hall–Kier alpha value is -1.60. The van der Waals surface area contributed by atoms with Crippen LogP contribution in [0.25, 0.3) is 0 Å². The van der Waals surface area contributed by atoms with Gasteiger partial charge in [-0.1, -0.05) is 0 Å². The monoisotopic (exact) mass is 275 g/mol. The van der Waals surface area contributed by atoms with Crippen LogP contribution >= 0.6 is 0 Å². The van der Waals surface area contributed by atoms with Crippen molar-refractivity contribution in [3.8, 4) is 0 Å². The van der Waals surface area contributed by atoms with Crippen molar-refractivity contribution in [2.24, 2.45) is 0 Å². The zero-order valence-electron chi connectivity index (χ0n) is 10.1. The number of hydrogen-bond donors (Lipinski definition) is 1. The summed E-state index contributed by atoms with van der Waals surface area (Å²) in [6.07, 6.45) is -1.98. The van der Waals surface area contributed by atoms with E-state index in [1.807, 2.05) is 0 Å². The highest BCUT2D eigenvalue weighted by molar-refractivity contribution is 5.80. The van der Waals surface area contributed by atoms with E-state index < -0.39 is 35.8 Å². The van der Waals surface area contributed by atoms with Gasteiger partial charge in [-0.15, -0.1) is 0 Å². The summed E-state index contributed by atoms with van der Waals surface area (Å²) in [4.78, 5) is 12.8. The lowest BCUT2D eigenvalue weighted by molar-refractivity contribution is -0.198. The van der Waals surface area contributed by atoms with Gasteiger partial charge in [-0.3, -0.25) is 4.79 Å². The number of hydrogen-bond acceptors (Lipinski definition) is 3. The Bertz CT molecular complexity index is 486. The average Bonchev–Trinajstić information content (AvgIpc) is 2.32. The summed E-state index contributed by atoms with van der Waals surface area (Å²) < 4.78 is 43.8. The molecule has 7 heteroatoms. The number of aliphatic hydroxyl groups excluding tert-OH is 1. The van der Waals surface area contributed by atoms with Gasteiger partial charge in [0.2, 0.25) is 6.29 Å². The number of ether oxygens (including phenoxy) is 1. The molecule has 104 valence electrons. The number of benzene rings is 1. The van der Waals surface area contributed by atoms with Gasteiger partial charge in [0.1, 0.15) is 0 Å². The molecular weight excluding hydrogens is 263 g/mol. The molecule has 1 aromatic rings. The lowest BCUT2D eigenvalue weighted by Gasteiger charge is -2.33. The van der Waals surface area contributed by atoms with E-state index in [1.165, 1.54) is 4.90 Å². The maximum absolute atomic E-state index is 13.1. The van der Waals surface area contributed by atoms with Crippen molar-refractivity contribution in [2.75, 3.05) is 6.54 Å². The molecule has 1 saturated heterocycles. The summed E-state index contributed by atoms with van der Waals surface area (Å²) in [5, 5.41) is 9.33. The van der Waals surface area contributed by atoms with Gasteiger partial charge in [-0.2, -0.15) is 0 Å². The molecule has 1 aliphatic rings. The molecule has 0 saturated carbocycles. The van der Waals surface area contributed by atoms with E-state index in [1.54, 1.807) is 6.92 Å². The number of amides is 1. The first kappa shape index (κ1) is 13.8. The standard InChI is InChI=1S/C12H12F3NO3/c1-6-4-16(11(17)12(18)19-6)5-7-2-8(13)10(15)9(14)3-7/h2-3,6,12,18H,4-5H2,1H3/t6?,12-/m1/s1. The first-order chi connectivity index (χ1) is 8.88. The smallest absolute Gasteiger partial charge is 0.279 e. The maximum Gasteiger partial charge on any atom is 0.279 e. The van der Waals surface area contributed by atoms with Crippen LogP contribution in [0.5, 0.6) is 0 Å². The predicted molar refractivity (Wildman–Crippen MR) is 58.3 cm³/mol. The molecule has 2 atom stereocenters. The number of carbonyl (C=O) groups excluding carboxylic acids is 1. The van der Waals surface area contributed by atoms with Gasteiger partial charge in [0.25, 0.3) is 5.91 Å². The van der Waals surface area contributed by atoms with Crippen LogP contribution in [0.3, 0.4) is 0 Å². The van der Waals surface area contributed by atoms with Crippen molar-refractivity contribution in [3.63, 3.8) is 0 Å². The molecule has 0 radical (unpaired) electrons. The van der Waals surface area contributed by atoms with Gasteiger partial charge < -0.3 is 14.7 Å². The molecular formula is C12H12F3NO3. The lowest BCUT2D eigenvalue weighted by Crippen LogP contribution is -2.50. The number of rotatable bonds is 2. The van der Waals surface area contributed by atoms with Crippen LogP contribution in [0, 0.1) is 17.5 Å². The van der Waals surface area contributed by atoms with Crippen LogP contribution in [-0.4, -0.2) is 34.9 Å². The van der Waals surface area contributed by atoms with Crippen LogP contribution in [0.1, 0.15) is 12.5 Å².